The van der Waals surface area contributed by atoms with Gasteiger partial charge >= 0.3 is 0 Å². The molecule has 2 N–H and O–H groups in total. The van der Waals surface area contributed by atoms with E-state index in [1.54, 1.807) is 13.0 Å². The first kappa shape index (κ1) is 15.9. The van der Waals surface area contributed by atoms with E-state index in [9.17, 15) is 13.2 Å². The average molecular weight is 326 g/mol. The van der Waals surface area contributed by atoms with Crippen LogP contribution in [0.4, 0.5) is 5.69 Å². The minimum atomic E-state index is -3.39. The predicted molar refractivity (Wildman–Crippen MR) is 85.7 cm³/mol. The van der Waals surface area contributed by atoms with Crippen LogP contribution in [0.2, 0.25) is 0 Å². The number of sulfone groups is 1. The summed E-state index contributed by atoms with van der Waals surface area (Å²) in [5.74, 6) is -0.0260. The lowest BCUT2D eigenvalue weighted by Crippen LogP contribution is -2.06. The van der Waals surface area contributed by atoms with Crippen LogP contribution in [0, 0.1) is 6.92 Å². The number of hydrogen-bond donors (Lipinski definition) is 1. The fourth-order valence-electron chi connectivity index (χ4n) is 2.12. The number of aromatic nitrogens is 1. The number of ketones is 1. The second-order valence-electron chi connectivity index (χ2n) is 5.01. The number of nitrogen functional groups attached to an aromatic ring is 1. The van der Waals surface area contributed by atoms with Crippen molar-refractivity contribution >= 4 is 42.9 Å². The van der Waals surface area contributed by atoms with E-state index in [1.165, 1.54) is 6.92 Å². The van der Waals surface area contributed by atoms with E-state index in [-0.39, 0.29) is 21.4 Å². The van der Waals surface area contributed by atoms with Crippen molar-refractivity contribution < 1.29 is 13.2 Å². The minimum absolute atomic E-state index is 0.0824. The third kappa shape index (κ3) is 2.94. The summed E-state index contributed by atoms with van der Waals surface area (Å²) in [6.45, 7) is 5.13. The molecule has 0 saturated carbocycles. The van der Waals surface area contributed by atoms with Crippen molar-refractivity contribution in [1.29, 1.82) is 0 Å². The Labute approximate surface area is 128 Å². The third-order valence-corrected chi connectivity index (χ3v) is 6.84. The largest absolute Gasteiger partial charge is 0.396 e. The van der Waals surface area contributed by atoms with Gasteiger partial charge in [0, 0.05) is 16.6 Å². The summed E-state index contributed by atoms with van der Waals surface area (Å²) >= 11 is 1.08. The van der Waals surface area contributed by atoms with Crippen LogP contribution in [0.15, 0.2) is 10.3 Å². The number of nitrogens with two attached hydrogens (primary N) is 1. The molecule has 0 aliphatic carbocycles. The molecule has 114 valence electrons. The molecule has 0 fully saturated rings. The molecule has 21 heavy (non-hydrogen) atoms. The van der Waals surface area contributed by atoms with Crippen LogP contribution in [0.3, 0.4) is 0 Å². The highest BCUT2D eigenvalue weighted by molar-refractivity contribution is 7.93. The van der Waals surface area contributed by atoms with E-state index in [0.29, 0.717) is 27.9 Å². The van der Waals surface area contributed by atoms with Gasteiger partial charge in [-0.2, -0.15) is 0 Å². The third-order valence-electron chi connectivity index (χ3n) is 3.31. The van der Waals surface area contributed by atoms with Crippen molar-refractivity contribution in [3.63, 3.8) is 0 Å². The number of nitrogens with zero attached hydrogens (tertiary/aromatic N) is 1. The predicted octanol–water partition coefficient (Wildman–Crippen LogP) is 2.96. The number of carbonyl (C=O) groups is 1. The van der Waals surface area contributed by atoms with Crippen LogP contribution in [0.5, 0.6) is 0 Å². The monoisotopic (exact) mass is 326 g/mol. The zero-order valence-corrected chi connectivity index (χ0v) is 13.9. The van der Waals surface area contributed by atoms with Crippen molar-refractivity contribution in [2.75, 3.05) is 11.5 Å². The fourth-order valence-corrected chi connectivity index (χ4v) is 5.27. The summed E-state index contributed by atoms with van der Waals surface area (Å²) < 4.78 is 24.8. The summed E-state index contributed by atoms with van der Waals surface area (Å²) in [7, 11) is -3.39. The van der Waals surface area contributed by atoms with Gasteiger partial charge in [-0.1, -0.05) is 13.3 Å². The highest BCUT2D eigenvalue weighted by Crippen LogP contribution is 2.37. The number of carbonyl (C=O) groups excluding carboxylic acids is 1. The van der Waals surface area contributed by atoms with E-state index in [0.717, 1.165) is 17.8 Å². The smallest absolute Gasteiger partial charge is 0.189 e. The van der Waals surface area contributed by atoms with E-state index >= 15 is 0 Å². The van der Waals surface area contributed by atoms with Crippen molar-refractivity contribution in [3.8, 4) is 0 Å². The lowest BCUT2D eigenvalue weighted by Gasteiger charge is -2.02. The number of aryl methyl sites for hydroxylation is 1. The van der Waals surface area contributed by atoms with Gasteiger partial charge in [0.2, 0.25) is 0 Å². The summed E-state index contributed by atoms with van der Waals surface area (Å²) in [6.07, 6.45) is 1.40. The van der Waals surface area contributed by atoms with Crippen LogP contribution in [-0.2, 0) is 9.84 Å². The highest BCUT2D eigenvalue weighted by atomic mass is 32.2. The summed E-state index contributed by atoms with van der Waals surface area (Å²) in [6, 6.07) is 1.64. The lowest BCUT2D eigenvalue weighted by molar-refractivity contribution is 0.101. The molecule has 0 aliphatic rings. The molecule has 2 aromatic rings. The summed E-state index contributed by atoms with van der Waals surface area (Å²) in [4.78, 5) is 16.5. The topological polar surface area (TPSA) is 90.1 Å². The molecule has 0 unspecified atom stereocenters. The summed E-state index contributed by atoms with van der Waals surface area (Å²) in [5.41, 5.74) is 7.27. The van der Waals surface area contributed by atoms with Crippen LogP contribution in [-0.4, -0.2) is 24.9 Å². The molecule has 0 bridgehead atoms. The molecule has 2 aromatic heterocycles. The second-order valence-corrected chi connectivity index (χ2v) is 8.31. The van der Waals surface area contributed by atoms with Crippen LogP contribution >= 0.6 is 11.3 Å². The Hall–Kier alpha value is -1.47. The molecule has 0 atom stereocenters. The molecule has 5 nitrogen and oxygen atoms in total. The maximum absolute atomic E-state index is 12.3. The SMILES string of the molecule is CCCCS(=O)(=O)c1sc2nc(C)c(C(C)=O)cc2c1N. The first-order chi connectivity index (χ1) is 9.77. The maximum Gasteiger partial charge on any atom is 0.189 e. The van der Waals surface area contributed by atoms with E-state index < -0.39 is 9.84 Å². The van der Waals surface area contributed by atoms with Crippen molar-refractivity contribution in [3.05, 3.63) is 17.3 Å². The van der Waals surface area contributed by atoms with Gasteiger partial charge in [0.05, 0.1) is 11.4 Å². The van der Waals surface area contributed by atoms with Gasteiger partial charge in [0.15, 0.2) is 15.6 Å². The first-order valence-electron chi connectivity index (χ1n) is 6.71. The molecule has 0 aromatic carbocycles. The Balaban J connectivity index is 2.64. The minimum Gasteiger partial charge on any atom is -0.396 e. The van der Waals surface area contributed by atoms with Gasteiger partial charge in [-0.25, -0.2) is 13.4 Å². The number of Topliss-reactive ketones (excluding diaryl/α,β-unsaturated/α-hetero) is 1. The second kappa shape index (κ2) is 5.73. The Morgan fingerprint density at radius 3 is 2.67 bits per heavy atom. The number of thiophene rings is 1. The van der Waals surface area contributed by atoms with E-state index in [4.69, 9.17) is 5.73 Å². The van der Waals surface area contributed by atoms with Crippen molar-refractivity contribution in [1.82, 2.24) is 4.98 Å². The molecular weight excluding hydrogens is 308 g/mol. The molecule has 0 aliphatic heterocycles. The van der Waals surface area contributed by atoms with Crippen LogP contribution < -0.4 is 5.73 Å². The van der Waals surface area contributed by atoms with Crippen molar-refractivity contribution in [2.24, 2.45) is 0 Å². The Kier molecular flexibility index (Phi) is 4.34. The highest BCUT2D eigenvalue weighted by Gasteiger charge is 2.23. The number of unbranched alkanes of at least 4 members (excludes halogenated alkanes) is 1. The number of fused-ring (bicyclic) bond motifs is 1. The van der Waals surface area contributed by atoms with Gasteiger partial charge in [-0.05, 0) is 26.3 Å². The Morgan fingerprint density at radius 1 is 1.43 bits per heavy atom. The van der Waals surface area contributed by atoms with Crippen LogP contribution in [0.1, 0.15) is 42.7 Å². The van der Waals surface area contributed by atoms with Gasteiger partial charge in [-0.15, -0.1) is 11.3 Å². The maximum atomic E-state index is 12.3. The fraction of sp³-hybridized carbons (Fsp3) is 0.429. The van der Waals surface area contributed by atoms with Gasteiger partial charge in [0.1, 0.15) is 9.04 Å². The first-order valence-corrected chi connectivity index (χ1v) is 9.18. The van der Waals surface area contributed by atoms with Crippen LogP contribution in [0.25, 0.3) is 10.2 Å². The van der Waals surface area contributed by atoms with Crippen molar-refractivity contribution in [2.45, 2.75) is 37.8 Å². The van der Waals surface area contributed by atoms with E-state index in [1.807, 2.05) is 6.92 Å². The molecule has 2 heterocycles. The van der Waals surface area contributed by atoms with Gasteiger partial charge in [0.25, 0.3) is 0 Å². The average Bonchev–Trinajstić information content (AvgIpc) is 2.72. The Bertz CT molecular complexity index is 807. The lowest BCUT2D eigenvalue weighted by atomic mass is 10.1. The molecule has 0 amide bonds. The Morgan fingerprint density at radius 2 is 2.10 bits per heavy atom. The number of rotatable bonds is 5. The molecular formula is C14H18N2O3S2. The summed E-state index contributed by atoms with van der Waals surface area (Å²) in [5, 5.41) is 0.547. The quantitative estimate of drug-likeness (QED) is 0.853. The number of hydrogen-bond acceptors (Lipinski definition) is 6. The molecule has 0 spiro atoms. The van der Waals surface area contributed by atoms with Gasteiger partial charge in [-0.3, -0.25) is 4.79 Å². The van der Waals surface area contributed by atoms with Gasteiger partial charge < -0.3 is 5.73 Å². The molecule has 0 radical (unpaired) electrons. The zero-order valence-electron chi connectivity index (χ0n) is 12.3. The zero-order chi connectivity index (χ0) is 15.8. The number of anilines is 1. The molecule has 0 saturated heterocycles. The van der Waals surface area contributed by atoms with E-state index in [2.05, 4.69) is 4.98 Å². The molecule has 2 rings (SSSR count). The standard InChI is InChI=1S/C14H18N2O3S2/c1-4-5-6-21(18,19)14-12(15)11-7-10(9(3)17)8(2)16-13(11)20-14/h7H,4-6,15H2,1-3H3. The molecule has 7 heteroatoms. The normalized spacial score (nSPS) is 12.0. The number of pyridine rings is 1.